The molecule has 0 aromatic heterocycles. The lowest BCUT2D eigenvalue weighted by atomic mass is 10.0. The quantitative estimate of drug-likeness (QED) is 0.787. The molecule has 2 aromatic carbocycles. The molecule has 0 bridgehead atoms. The highest BCUT2D eigenvalue weighted by Gasteiger charge is 2.09. The molecule has 98 valence electrons. The fourth-order valence-electron chi connectivity index (χ4n) is 1.86. The molecule has 2 aromatic rings. The Kier molecular flexibility index (Phi) is 3.71. The van der Waals surface area contributed by atoms with Gasteiger partial charge in [-0.1, -0.05) is 18.2 Å². The number of carboxylic acid groups (broad SMARTS) is 1. The van der Waals surface area contributed by atoms with Crippen LogP contribution in [0.3, 0.4) is 0 Å². The van der Waals surface area contributed by atoms with Gasteiger partial charge in [0.05, 0.1) is 0 Å². The summed E-state index contributed by atoms with van der Waals surface area (Å²) in [6.45, 7) is 0. The maximum Gasteiger partial charge on any atom is 0.339 e. The van der Waals surface area contributed by atoms with Gasteiger partial charge >= 0.3 is 5.97 Å². The number of aromatic hydroxyl groups is 2. The zero-order valence-electron chi connectivity index (χ0n) is 10.2. The van der Waals surface area contributed by atoms with Gasteiger partial charge in [-0.25, -0.2) is 4.79 Å². The normalized spacial score (nSPS) is 10.3. The zero-order valence-corrected chi connectivity index (χ0v) is 10.2. The van der Waals surface area contributed by atoms with Crippen LogP contribution in [0.1, 0.15) is 21.5 Å². The first-order valence-corrected chi connectivity index (χ1v) is 5.89. The van der Waals surface area contributed by atoms with Crippen LogP contribution in [0.15, 0.2) is 42.5 Å². The molecule has 4 nitrogen and oxygen atoms in total. The van der Waals surface area contributed by atoms with Crippen molar-refractivity contribution in [3.63, 3.8) is 0 Å². The number of phenolic OH excluding ortho intramolecular Hbond substituents is 1. The summed E-state index contributed by atoms with van der Waals surface area (Å²) in [5.41, 5.74) is 1.85. The molecular formula is C15H14O4. The van der Waals surface area contributed by atoms with Gasteiger partial charge < -0.3 is 15.3 Å². The van der Waals surface area contributed by atoms with Crippen molar-refractivity contribution in [2.75, 3.05) is 0 Å². The molecule has 0 radical (unpaired) electrons. The Morgan fingerprint density at radius 1 is 0.895 bits per heavy atom. The maximum atomic E-state index is 10.8. The Balaban J connectivity index is 2.06. The summed E-state index contributed by atoms with van der Waals surface area (Å²) >= 11 is 0. The van der Waals surface area contributed by atoms with E-state index in [1.165, 1.54) is 12.1 Å². The van der Waals surface area contributed by atoms with Crippen molar-refractivity contribution in [3.8, 4) is 11.5 Å². The fourth-order valence-corrected chi connectivity index (χ4v) is 1.86. The van der Waals surface area contributed by atoms with Crippen LogP contribution < -0.4 is 0 Å². The Labute approximate surface area is 110 Å². The minimum absolute atomic E-state index is 0.0895. The molecule has 3 N–H and O–H groups in total. The number of aromatic carboxylic acids is 1. The van der Waals surface area contributed by atoms with E-state index < -0.39 is 5.97 Å². The number of rotatable bonds is 4. The van der Waals surface area contributed by atoms with E-state index in [4.69, 9.17) is 5.11 Å². The van der Waals surface area contributed by atoms with Crippen LogP contribution in [-0.4, -0.2) is 21.3 Å². The summed E-state index contributed by atoms with van der Waals surface area (Å²) in [5, 5.41) is 27.6. The molecule has 19 heavy (non-hydrogen) atoms. The van der Waals surface area contributed by atoms with Crippen molar-refractivity contribution in [2.45, 2.75) is 12.8 Å². The summed E-state index contributed by atoms with van der Waals surface area (Å²) in [4.78, 5) is 10.8. The summed E-state index contributed by atoms with van der Waals surface area (Å²) < 4.78 is 0. The van der Waals surface area contributed by atoms with Crippen molar-refractivity contribution in [3.05, 3.63) is 59.2 Å². The minimum Gasteiger partial charge on any atom is -0.508 e. The third kappa shape index (κ3) is 3.25. The Morgan fingerprint density at radius 2 is 1.47 bits per heavy atom. The summed E-state index contributed by atoms with van der Waals surface area (Å²) in [6.07, 6.45) is 1.45. The van der Waals surface area contributed by atoms with Gasteiger partial charge in [0.2, 0.25) is 0 Å². The van der Waals surface area contributed by atoms with Crippen LogP contribution >= 0.6 is 0 Å². The van der Waals surface area contributed by atoms with Gasteiger partial charge in [0, 0.05) is 0 Å². The smallest absolute Gasteiger partial charge is 0.339 e. The standard InChI is InChI=1S/C15H14O4/c16-12-6-3-10(4-7-12)1-2-11-5-8-13(15(18)19)14(17)9-11/h3-9,16-17H,1-2H2,(H,18,19). The van der Waals surface area contributed by atoms with Crippen molar-refractivity contribution in [1.82, 2.24) is 0 Å². The molecule has 0 unspecified atom stereocenters. The lowest BCUT2D eigenvalue weighted by molar-refractivity contribution is 0.0693. The highest BCUT2D eigenvalue weighted by molar-refractivity contribution is 5.90. The average Bonchev–Trinajstić information content (AvgIpc) is 2.37. The van der Waals surface area contributed by atoms with Gasteiger partial charge in [0.25, 0.3) is 0 Å². The van der Waals surface area contributed by atoms with Crippen LogP contribution in [0.4, 0.5) is 0 Å². The third-order valence-corrected chi connectivity index (χ3v) is 2.93. The molecule has 2 rings (SSSR count). The molecule has 0 aliphatic heterocycles. The molecule has 0 spiro atoms. The number of hydrogen-bond acceptors (Lipinski definition) is 3. The van der Waals surface area contributed by atoms with E-state index in [0.717, 1.165) is 17.5 Å². The highest BCUT2D eigenvalue weighted by Crippen LogP contribution is 2.20. The van der Waals surface area contributed by atoms with Gasteiger partial charge in [-0.2, -0.15) is 0 Å². The van der Waals surface area contributed by atoms with Crippen molar-refractivity contribution >= 4 is 5.97 Å². The molecular weight excluding hydrogens is 244 g/mol. The first-order chi connectivity index (χ1) is 9.06. The number of benzene rings is 2. The first kappa shape index (κ1) is 13.0. The number of aryl methyl sites for hydroxylation is 2. The van der Waals surface area contributed by atoms with Gasteiger partial charge in [-0.3, -0.25) is 0 Å². The maximum absolute atomic E-state index is 10.8. The number of hydrogen-bond donors (Lipinski definition) is 3. The van der Waals surface area contributed by atoms with Crippen LogP contribution in [0, 0.1) is 0 Å². The molecule has 0 aliphatic rings. The molecule has 4 heteroatoms. The molecule has 0 heterocycles. The van der Waals surface area contributed by atoms with E-state index in [9.17, 15) is 15.0 Å². The second-order valence-corrected chi connectivity index (χ2v) is 4.32. The van der Waals surface area contributed by atoms with Crippen LogP contribution in [0.25, 0.3) is 0 Å². The van der Waals surface area contributed by atoms with Gasteiger partial charge in [0.15, 0.2) is 0 Å². The van der Waals surface area contributed by atoms with Crippen molar-refractivity contribution in [2.24, 2.45) is 0 Å². The van der Waals surface area contributed by atoms with E-state index in [0.29, 0.717) is 6.42 Å². The van der Waals surface area contributed by atoms with E-state index in [1.54, 1.807) is 18.2 Å². The lowest BCUT2D eigenvalue weighted by Crippen LogP contribution is -1.98. The van der Waals surface area contributed by atoms with Gasteiger partial charge in [0.1, 0.15) is 17.1 Å². The topological polar surface area (TPSA) is 77.8 Å². The zero-order chi connectivity index (χ0) is 13.8. The Hall–Kier alpha value is -2.49. The van der Waals surface area contributed by atoms with Crippen molar-refractivity contribution < 1.29 is 20.1 Å². The summed E-state index contributed by atoms with van der Waals surface area (Å²) in [7, 11) is 0. The second kappa shape index (κ2) is 5.44. The molecule has 0 aliphatic carbocycles. The van der Waals surface area contributed by atoms with Gasteiger partial charge in [-0.05, 0) is 48.2 Å². The lowest BCUT2D eigenvalue weighted by Gasteiger charge is -2.05. The minimum atomic E-state index is -1.14. The highest BCUT2D eigenvalue weighted by atomic mass is 16.4. The Morgan fingerprint density at radius 3 is 2.05 bits per heavy atom. The predicted octanol–water partition coefficient (Wildman–Crippen LogP) is 2.58. The van der Waals surface area contributed by atoms with Crippen LogP contribution in [-0.2, 0) is 12.8 Å². The first-order valence-electron chi connectivity index (χ1n) is 5.89. The predicted molar refractivity (Wildman–Crippen MR) is 70.6 cm³/mol. The second-order valence-electron chi connectivity index (χ2n) is 4.32. The molecule has 0 amide bonds. The number of phenols is 2. The molecule has 0 atom stereocenters. The summed E-state index contributed by atoms with van der Waals surface area (Å²) in [5.74, 6) is -1.12. The molecule has 0 fully saturated rings. The largest absolute Gasteiger partial charge is 0.508 e. The Bertz CT molecular complexity index is 588. The average molecular weight is 258 g/mol. The van der Waals surface area contributed by atoms with Crippen LogP contribution in [0.5, 0.6) is 11.5 Å². The van der Waals surface area contributed by atoms with E-state index >= 15 is 0 Å². The monoisotopic (exact) mass is 258 g/mol. The summed E-state index contributed by atoms with van der Waals surface area (Å²) in [6, 6.07) is 11.5. The molecule has 0 saturated heterocycles. The van der Waals surface area contributed by atoms with E-state index in [2.05, 4.69) is 0 Å². The third-order valence-electron chi connectivity index (χ3n) is 2.93. The number of carbonyl (C=O) groups is 1. The van der Waals surface area contributed by atoms with Gasteiger partial charge in [-0.15, -0.1) is 0 Å². The molecule has 0 saturated carbocycles. The van der Waals surface area contributed by atoms with E-state index in [-0.39, 0.29) is 17.1 Å². The fraction of sp³-hybridized carbons (Fsp3) is 0.133. The number of carboxylic acids is 1. The van der Waals surface area contributed by atoms with Crippen LogP contribution in [0.2, 0.25) is 0 Å². The van der Waals surface area contributed by atoms with Crippen molar-refractivity contribution in [1.29, 1.82) is 0 Å². The SMILES string of the molecule is O=C(O)c1ccc(CCc2ccc(O)cc2)cc1O. The van der Waals surface area contributed by atoms with E-state index in [1.807, 2.05) is 12.1 Å².